The second-order valence-electron chi connectivity index (χ2n) is 11.5. The molecule has 0 radical (unpaired) electrons. The molecule has 0 saturated carbocycles. The number of rotatable bonds is 11. The molecule has 1 heterocycles. The molecular weight excluding hydrogens is 516 g/mol. The molecule has 1 aliphatic rings. The van der Waals surface area contributed by atoms with Crippen molar-refractivity contribution < 1.29 is 19.0 Å². The maximum Gasteiger partial charge on any atom is 0.328 e. The van der Waals surface area contributed by atoms with Gasteiger partial charge < -0.3 is 24.4 Å². The highest BCUT2D eigenvalue weighted by Gasteiger charge is 2.41. The minimum absolute atomic E-state index is 0.274. The zero-order chi connectivity index (χ0) is 29.3. The van der Waals surface area contributed by atoms with Crippen LogP contribution < -0.4 is 15.0 Å². The number of methoxy groups -OCH3 is 1. The maximum atomic E-state index is 13.0. The molecule has 40 heavy (non-hydrogen) atoms. The molecule has 1 saturated heterocycles. The standard InChI is InChI=1S/C33H48N2O4Si/c1-9-39-33(36)32(22-28-20-30(23-31(21-28)37-8)35-15-17-38-18-16-35)34-29-12-10-27(11-13-29)14-19-40(24(2)3,25(4)5)26(6)7/h10-13,20-21,23-26,32,34H,9,15-18,22H2,1-8H3. The molecule has 7 heteroatoms. The van der Waals surface area contributed by atoms with Gasteiger partial charge in [0.2, 0.25) is 0 Å². The Labute approximate surface area is 242 Å². The molecule has 2 aromatic rings. The number of nitrogens with zero attached hydrogens (tertiary/aromatic N) is 1. The van der Waals surface area contributed by atoms with Gasteiger partial charge in [0.25, 0.3) is 0 Å². The van der Waals surface area contributed by atoms with Gasteiger partial charge in [0.1, 0.15) is 19.9 Å². The molecule has 1 aliphatic heterocycles. The van der Waals surface area contributed by atoms with E-state index < -0.39 is 14.1 Å². The Morgan fingerprint density at radius 3 is 2.17 bits per heavy atom. The molecule has 0 spiro atoms. The van der Waals surface area contributed by atoms with Crippen molar-refractivity contribution in [3.8, 4) is 17.2 Å². The summed E-state index contributed by atoms with van der Waals surface area (Å²) in [5.41, 5.74) is 9.50. The van der Waals surface area contributed by atoms with Gasteiger partial charge in [0.15, 0.2) is 0 Å². The Morgan fingerprint density at radius 2 is 1.62 bits per heavy atom. The molecule has 2 aromatic carbocycles. The number of benzene rings is 2. The summed E-state index contributed by atoms with van der Waals surface area (Å²) < 4.78 is 16.6. The van der Waals surface area contributed by atoms with Crippen molar-refractivity contribution in [1.82, 2.24) is 0 Å². The first-order valence-corrected chi connectivity index (χ1v) is 16.9. The molecule has 0 amide bonds. The lowest BCUT2D eigenvalue weighted by atomic mass is 10.0. The number of hydrogen-bond donors (Lipinski definition) is 1. The maximum absolute atomic E-state index is 13.0. The Balaban J connectivity index is 1.83. The van der Waals surface area contributed by atoms with Crippen molar-refractivity contribution in [3.63, 3.8) is 0 Å². The van der Waals surface area contributed by atoms with E-state index in [4.69, 9.17) is 14.2 Å². The first-order valence-electron chi connectivity index (χ1n) is 14.7. The average molecular weight is 565 g/mol. The van der Waals surface area contributed by atoms with Crippen molar-refractivity contribution in [2.45, 2.75) is 77.6 Å². The largest absolute Gasteiger partial charge is 0.497 e. The van der Waals surface area contributed by atoms with E-state index in [1.54, 1.807) is 7.11 Å². The number of carbonyl (C=O) groups is 1. The van der Waals surface area contributed by atoms with Gasteiger partial charge in [-0.25, -0.2) is 4.79 Å². The molecule has 0 aromatic heterocycles. The van der Waals surface area contributed by atoms with Crippen LogP contribution in [0, 0.1) is 11.5 Å². The molecule has 218 valence electrons. The highest BCUT2D eigenvalue weighted by Crippen LogP contribution is 2.40. The predicted octanol–water partition coefficient (Wildman–Crippen LogP) is 6.69. The summed E-state index contributed by atoms with van der Waals surface area (Å²) >= 11 is 0. The first kappa shape index (κ1) is 31.6. The van der Waals surface area contributed by atoms with Crippen LogP contribution in [0.25, 0.3) is 0 Å². The zero-order valence-electron chi connectivity index (χ0n) is 25.7. The fraction of sp³-hybridized carbons (Fsp3) is 0.545. The molecule has 1 N–H and O–H groups in total. The average Bonchev–Trinajstić information content (AvgIpc) is 2.93. The fourth-order valence-electron chi connectivity index (χ4n) is 6.02. The van der Waals surface area contributed by atoms with Crippen LogP contribution in [0.2, 0.25) is 16.6 Å². The van der Waals surface area contributed by atoms with Crippen LogP contribution in [-0.2, 0) is 20.7 Å². The smallest absolute Gasteiger partial charge is 0.328 e. The van der Waals surface area contributed by atoms with E-state index in [0.717, 1.165) is 41.3 Å². The second-order valence-corrected chi connectivity index (χ2v) is 17.1. The SMILES string of the molecule is CCOC(=O)C(Cc1cc(OC)cc(N2CCOCC2)c1)Nc1ccc(C#C[Si](C(C)C)(C(C)C)C(C)C)cc1. The quantitative estimate of drug-likeness (QED) is 0.186. The van der Waals surface area contributed by atoms with Crippen LogP contribution in [0.15, 0.2) is 42.5 Å². The first-order chi connectivity index (χ1) is 19.1. The zero-order valence-corrected chi connectivity index (χ0v) is 26.7. The van der Waals surface area contributed by atoms with E-state index in [-0.39, 0.29) is 5.97 Å². The summed E-state index contributed by atoms with van der Waals surface area (Å²) in [7, 11) is -0.131. The number of esters is 1. The van der Waals surface area contributed by atoms with Crippen LogP contribution in [0.4, 0.5) is 11.4 Å². The molecule has 1 unspecified atom stereocenters. The highest BCUT2D eigenvalue weighted by atomic mass is 28.3. The Bertz CT molecular complexity index is 1140. The predicted molar refractivity (Wildman–Crippen MR) is 168 cm³/mol. The van der Waals surface area contributed by atoms with Crippen molar-refractivity contribution in [3.05, 3.63) is 53.6 Å². The van der Waals surface area contributed by atoms with Crippen molar-refractivity contribution in [2.24, 2.45) is 0 Å². The number of ether oxygens (including phenoxy) is 3. The molecule has 3 rings (SSSR count). The van der Waals surface area contributed by atoms with Gasteiger partial charge in [0, 0.05) is 42.5 Å². The lowest BCUT2D eigenvalue weighted by Gasteiger charge is -2.38. The number of carbonyl (C=O) groups excluding carboxylic acids is 1. The van der Waals surface area contributed by atoms with Gasteiger partial charge in [-0.15, -0.1) is 5.54 Å². The lowest BCUT2D eigenvalue weighted by Crippen LogP contribution is -2.43. The third-order valence-electron chi connectivity index (χ3n) is 8.09. The number of nitrogens with one attached hydrogen (secondary N) is 1. The van der Waals surface area contributed by atoms with Gasteiger partial charge >= 0.3 is 5.97 Å². The summed E-state index contributed by atoms with van der Waals surface area (Å²) in [6, 6.07) is 13.7. The van der Waals surface area contributed by atoms with E-state index in [1.165, 1.54) is 0 Å². The van der Waals surface area contributed by atoms with Gasteiger partial charge in [-0.3, -0.25) is 0 Å². The van der Waals surface area contributed by atoms with Crippen LogP contribution in [0.3, 0.4) is 0 Å². The number of anilines is 2. The van der Waals surface area contributed by atoms with Crippen molar-refractivity contribution in [2.75, 3.05) is 50.2 Å². The topological polar surface area (TPSA) is 60.0 Å². The third kappa shape index (κ3) is 7.83. The summed E-state index contributed by atoms with van der Waals surface area (Å²) in [4.78, 5) is 15.3. The molecular formula is C33H48N2O4Si. The normalized spacial score (nSPS) is 14.6. The highest BCUT2D eigenvalue weighted by molar-refractivity contribution is 6.90. The minimum Gasteiger partial charge on any atom is -0.497 e. The molecule has 0 bridgehead atoms. The summed E-state index contributed by atoms with van der Waals surface area (Å²) in [5, 5.41) is 3.41. The van der Waals surface area contributed by atoms with E-state index in [2.05, 4.69) is 69.3 Å². The molecule has 6 nitrogen and oxygen atoms in total. The summed E-state index contributed by atoms with van der Waals surface area (Å²) in [5.74, 6) is 4.01. The van der Waals surface area contributed by atoms with Crippen LogP contribution >= 0.6 is 0 Å². The molecule has 0 aliphatic carbocycles. The fourth-order valence-corrected chi connectivity index (χ4v) is 11.2. The van der Waals surface area contributed by atoms with Crippen molar-refractivity contribution in [1.29, 1.82) is 0 Å². The van der Waals surface area contributed by atoms with E-state index >= 15 is 0 Å². The van der Waals surface area contributed by atoms with E-state index in [1.807, 2.05) is 43.3 Å². The third-order valence-corrected chi connectivity index (χ3v) is 14.4. The second kappa shape index (κ2) is 14.6. The van der Waals surface area contributed by atoms with Crippen LogP contribution in [-0.4, -0.2) is 60.1 Å². The number of morpholine rings is 1. The monoisotopic (exact) mass is 564 g/mol. The summed E-state index contributed by atoms with van der Waals surface area (Å²) in [6.45, 7) is 19.2. The lowest BCUT2D eigenvalue weighted by molar-refractivity contribution is -0.144. The van der Waals surface area contributed by atoms with E-state index in [0.29, 0.717) is 42.9 Å². The minimum atomic E-state index is -1.80. The molecule has 1 atom stereocenters. The van der Waals surface area contributed by atoms with Gasteiger partial charge in [-0.2, -0.15) is 0 Å². The van der Waals surface area contributed by atoms with Crippen LogP contribution in [0.1, 0.15) is 59.6 Å². The van der Waals surface area contributed by atoms with Gasteiger partial charge in [-0.05, 0) is 65.5 Å². The van der Waals surface area contributed by atoms with Gasteiger partial charge in [0.05, 0.1) is 26.9 Å². The Kier molecular flexibility index (Phi) is 11.5. The number of hydrogen-bond acceptors (Lipinski definition) is 6. The Morgan fingerprint density at radius 1 is 1.00 bits per heavy atom. The van der Waals surface area contributed by atoms with Crippen molar-refractivity contribution >= 4 is 25.4 Å². The molecule has 1 fully saturated rings. The summed E-state index contributed by atoms with van der Waals surface area (Å²) in [6.07, 6.45) is 0.472. The van der Waals surface area contributed by atoms with Crippen LogP contribution in [0.5, 0.6) is 5.75 Å². The Hall–Kier alpha value is -2.95. The van der Waals surface area contributed by atoms with E-state index in [9.17, 15) is 4.79 Å². The van der Waals surface area contributed by atoms with Gasteiger partial charge in [-0.1, -0.05) is 47.5 Å².